The van der Waals surface area contributed by atoms with Crippen LogP contribution in [0.2, 0.25) is 0 Å². The van der Waals surface area contributed by atoms with Crippen molar-refractivity contribution in [2.45, 2.75) is 68.2 Å². The highest BCUT2D eigenvalue weighted by Crippen LogP contribution is 2.27. The van der Waals surface area contributed by atoms with Gasteiger partial charge in [-0.05, 0) is 11.8 Å². The minimum absolute atomic E-state index is 0.170. The van der Waals surface area contributed by atoms with Crippen LogP contribution in [0, 0.1) is 23.7 Å². The molecule has 26 heavy (non-hydrogen) atoms. The van der Waals surface area contributed by atoms with Crippen molar-refractivity contribution in [3.63, 3.8) is 0 Å². The molecule has 0 aliphatic heterocycles. The second-order valence-electron chi connectivity index (χ2n) is 5.50. The topological polar surface area (TPSA) is 149 Å². The van der Waals surface area contributed by atoms with Crippen LogP contribution < -0.4 is 0 Å². The van der Waals surface area contributed by atoms with Gasteiger partial charge in [-0.2, -0.15) is 0 Å². The number of hydrogen-bond donors (Lipinski definition) is 4. The molecule has 0 aromatic rings. The first-order valence-electron chi connectivity index (χ1n) is 8.80. The van der Waals surface area contributed by atoms with E-state index in [1.165, 1.54) is 0 Å². The third-order valence-electron chi connectivity index (χ3n) is 2.95. The van der Waals surface area contributed by atoms with E-state index in [-0.39, 0.29) is 24.7 Å². The first kappa shape index (κ1) is 31.6. The van der Waals surface area contributed by atoms with Crippen molar-refractivity contribution in [1.29, 1.82) is 0 Å². The van der Waals surface area contributed by atoms with E-state index in [0.717, 1.165) is 0 Å². The van der Waals surface area contributed by atoms with Gasteiger partial charge in [0.2, 0.25) is 0 Å². The molecule has 8 heteroatoms. The van der Waals surface area contributed by atoms with Gasteiger partial charge in [0, 0.05) is 0 Å². The Morgan fingerprint density at radius 2 is 0.769 bits per heavy atom. The maximum atomic E-state index is 10.9. The summed E-state index contributed by atoms with van der Waals surface area (Å²) in [6.07, 6.45) is -0.593. The largest absolute Gasteiger partial charge is 0.481 e. The minimum Gasteiger partial charge on any atom is -0.481 e. The Hall–Kier alpha value is -2.12. The average molecular weight is 380 g/mol. The van der Waals surface area contributed by atoms with Gasteiger partial charge in [0.1, 0.15) is 0 Å². The zero-order valence-electron chi connectivity index (χ0n) is 17.1. The molecule has 0 aromatic carbocycles. The van der Waals surface area contributed by atoms with Crippen LogP contribution in [0.1, 0.15) is 68.2 Å². The molecule has 156 valence electrons. The van der Waals surface area contributed by atoms with E-state index in [4.69, 9.17) is 20.4 Å². The zero-order chi connectivity index (χ0) is 22.0. The molecule has 0 rings (SSSR count). The molecule has 0 saturated carbocycles. The van der Waals surface area contributed by atoms with E-state index >= 15 is 0 Å². The van der Waals surface area contributed by atoms with Gasteiger partial charge in [0.15, 0.2) is 0 Å². The van der Waals surface area contributed by atoms with Gasteiger partial charge in [0.05, 0.1) is 24.7 Å². The first-order chi connectivity index (χ1) is 11.9. The van der Waals surface area contributed by atoms with Crippen LogP contribution in [0.25, 0.3) is 0 Å². The molecular weight excluding hydrogens is 344 g/mol. The minimum atomic E-state index is -1.08. The van der Waals surface area contributed by atoms with Crippen LogP contribution in [-0.4, -0.2) is 44.3 Å². The summed E-state index contributed by atoms with van der Waals surface area (Å²) in [5.41, 5.74) is 0. The van der Waals surface area contributed by atoms with Gasteiger partial charge >= 0.3 is 23.9 Å². The Morgan fingerprint density at radius 1 is 0.577 bits per heavy atom. The van der Waals surface area contributed by atoms with Crippen molar-refractivity contribution in [2.24, 2.45) is 23.7 Å². The van der Waals surface area contributed by atoms with Gasteiger partial charge in [-0.15, -0.1) is 0 Å². The molecule has 0 fully saturated rings. The molecule has 0 radical (unpaired) electrons. The second kappa shape index (κ2) is 19.2. The standard InChI is InChI=1S/C10H18O4.C4H6O4.2C2H6/c1-5(2)7(9(11)12)8(6(3)4)10(13)14;5-3(6)1-2-4(7)8;2*1-2/h5-8H,1-4H3,(H,11,12)(H,13,14);1-2H2,(H,5,6)(H,7,8);2*1-2H3. The summed E-state index contributed by atoms with van der Waals surface area (Å²) in [6.45, 7) is 14.9. The van der Waals surface area contributed by atoms with Gasteiger partial charge in [0.25, 0.3) is 0 Å². The molecular formula is C18H36O8. The van der Waals surface area contributed by atoms with Gasteiger partial charge in [-0.25, -0.2) is 0 Å². The molecule has 0 amide bonds. The maximum absolute atomic E-state index is 10.9. The Morgan fingerprint density at radius 3 is 0.846 bits per heavy atom. The lowest BCUT2D eigenvalue weighted by Crippen LogP contribution is -2.36. The fourth-order valence-electron chi connectivity index (χ4n) is 1.92. The molecule has 0 aromatic heterocycles. The summed E-state index contributed by atoms with van der Waals surface area (Å²) in [5, 5.41) is 33.7. The average Bonchev–Trinajstić information content (AvgIpc) is 2.53. The smallest absolute Gasteiger partial charge is 0.307 e. The van der Waals surface area contributed by atoms with Crippen molar-refractivity contribution in [2.75, 3.05) is 0 Å². The van der Waals surface area contributed by atoms with E-state index < -0.39 is 35.7 Å². The molecule has 0 aliphatic rings. The lowest BCUT2D eigenvalue weighted by Gasteiger charge is -2.26. The molecule has 0 heterocycles. The Labute approximate surface area is 156 Å². The Bertz CT molecular complexity index is 364. The molecule has 0 spiro atoms. The van der Waals surface area contributed by atoms with Gasteiger partial charge < -0.3 is 20.4 Å². The molecule has 0 aliphatic carbocycles. The number of rotatable bonds is 8. The van der Waals surface area contributed by atoms with E-state index in [1.807, 2.05) is 27.7 Å². The normalized spacial score (nSPS) is 11.5. The third kappa shape index (κ3) is 18.2. The van der Waals surface area contributed by atoms with E-state index in [0.29, 0.717) is 0 Å². The highest BCUT2D eigenvalue weighted by Gasteiger charge is 2.37. The Balaban J connectivity index is -0.000000171. The quantitative estimate of drug-likeness (QED) is 0.498. The summed E-state index contributed by atoms with van der Waals surface area (Å²) in [5.74, 6) is -6.17. The van der Waals surface area contributed by atoms with Crippen LogP contribution in [-0.2, 0) is 19.2 Å². The monoisotopic (exact) mass is 380 g/mol. The van der Waals surface area contributed by atoms with Crippen molar-refractivity contribution in [3.8, 4) is 0 Å². The summed E-state index contributed by atoms with van der Waals surface area (Å²) in [6, 6.07) is 0. The zero-order valence-corrected chi connectivity index (χ0v) is 17.1. The van der Waals surface area contributed by atoms with Crippen LogP contribution in [0.5, 0.6) is 0 Å². The fourth-order valence-corrected chi connectivity index (χ4v) is 1.92. The molecule has 4 N–H and O–H groups in total. The van der Waals surface area contributed by atoms with Crippen LogP contribution in [0.15, 0.2) is 0 Å². The van der Waals surface area contributed by atoms with Crippen molar-refractivity contribution >= 4 is 23.9 Å². The predicted octanol–water partition coefficient (Wildman–Crippen LogP) is 3.69. The first-order valence-corrected chi connectivity index (χ1v) is 8.80. The second-order valence-corrected chi connectivity index (χ2v) is 5.50. The number of carboxylic acids is 4. The maximum Gasteiger partial charge on any atom is 0.307 e. The molecule has 0 saturated heterocycles. The summed E-state index contributed by atoms with van der Waals surface area (Å²) < 4.78 is 0. The van der Waals surface area contributed by atoms with E-state index in [2.05, 4.69) is 0 Å². The fraction of sp³-hybridized carbons (Fsp3) is 0.778. The van der Waals surface area contributed by atoms with Crippen molar-refractivity contribution in [3.05, 3.63) is 0 Å². The number of carboxylic acid groups (broad SMARTS) is 4. The van der Waals surface area contributed by atoms with Crippen LogP contribution >= 0.6 is 0 Å². The summed E-state index contributed by atoms with van der Waals surface area (Å²) in [7, 11) is 0. The van der Waals surface area contributed by atoms with Gasteiger partial charge in [-0.1, -0.05) is 55.4 Å². The molecule has 8 nitrogen and oxygen atoms in total. The molecule has 2 atom stereocenters. The van der Waals surface area contributed by atoms with Crippen LogP contribution in [0.4, 0.5) is 0 Å². The molecule has 2 unspecified atom stereocenters. The number of hydrogen-bond acceptors (Lipinski definition) is 4. The highest BCUT2D eigenvalue weighted by atomic mass is 16.4. The van der Waals surface area contributed by atoms with Gasteiger partial charge in [-0.3, -0.25) is 19.2 Å². The highest BCUT2D eigenvalue weighted by molar-refractivity contribution is 5.80. The van der Waals surface area contributed by atoms with Crippen molar-refractivity contribution < 1.29 is 39.6 Å². The van der Waals surface area contributed by atoms with E-state index in [9.17, 15) is 19.2 Å². The molecule has 0 bridgehead atoms. The van der Waals surface area contributed by atoms with Crippen LogP contribution in [0.3, 0.4) is 0 Å². The third-order valence-corrected chi connectivity index (χ3v) is 2.95. The number of carbonyl (C=O) groups is 4. The lowest BCUT2D eigenvalue weighted by molar-refractivity contribution is -0.157. The van der Waals surface area contributed by atoms with Crippen molar-refractivity contribution in [1.82, 2.24) is 0 Å². The number of aliphatic carboxylic acids is 4. The lowest BCUT2D eigenvalue weighted by atomic mass is 9.77. The SMILES string of the molecule is CC.CC.CC(C)C(C(=O)O)C(C(=O)O)C(C)C.O=C(O)CCC(=O)O. The predicted molar refractivity (Wildman–Crippen MR) is 99.1 cm³/mol. The summed E-state index contributed by atoms with van der Waals surface area (Å²) >= 11 is 0. The van der Waals surface area contributed by atoms with E-state index in [1.54, 1.807) is 27.7 Å². The summed E-state index contributed by atoms with van der Waals surface area (Å²) in [4.78, 5) is 41.1. The Kier molecular flexibility index (Phi) is 23.4.